The van der Waals surface area contributed by atoms with Gasteiger partial charge < -0.3 is 4.90 Å². The van der Waals surface area contributed by atoms with Crippen molar-refractivity contribution in [1.29, 1.82) is 0 Å². The molecule has 0 bridgehead atoms. The maximum absolute atomic E-state index is 13.4. The number of hydrogen-bond donors (Lipinski definition) is 0. The standard InChI is InChI=1S/C23H30N4O3S/c1-16-9-10-19(14-17(16)2)31(29,30)27-13-7-8-21(27)22-24-15-20(18(3)25-22)23(28)26-11-5-4-6-12-26/h9-10,14-15,21H,4-8,11-13H2,1-3H3/t21-/m1/s1. The van der Waals surface area contributed by atoms with Crippen LogP contribution in [0.15, 0.2) is 29.3 Å². The Bertz CT molecular complexity index is 1090. The highest BCUT2D eigenvalue weighted by Gasteiger charge is 2.38. The predicted molar refractivity (Wildman–Crippen MR) is 118 cm³/mol. The van der Waals surface area contributed by atoms with Crippen molar-refractivity contribution in [1.82, 2.24) is 19.2 Å². The van der Waals surface area contributed by atoms with E-state index >= 15 is 0 Å². The number of nitrogens with zero attached hydrogens (tertiary/aromatic N) is 4. The molecule has 2 saturated heterocycles. The number of hydrogen-bond acceptors (Lipinski definition) is 5. The third kappa shape index (κ3) is 4.23. The first-order valence-electron chi connectivity index (χ1n) is 11.0. The molecule has 166 valence electrons. The van der Waals surface area contributed by atoms with Crippen molar-refractivity contribution >= 4 is 15.9 Å². The van der Waals surface area contributed by atoms with Crippen LogP contribution in [0.3, 0.4) is 0 Å². The molecule has 0 radical (unpaired) electrons. The SMILES string of the molecule is Cc1ccc(S(=O)(=O)N2CCC[C@@H]2c2ncc(C(=O)N3CCCCC3)c(C)n2)cc1C. The molecular formula is C23H30N4O3S. The second kappa shape index (κ2) is 8.67. The molecule has 0 N–H and O–H groups in total. The van der Waals surface area contributed by atoms with Crippen LogP contribution in [0.25, 0.3) is 0 Å². The van der Waals surface area contributed by atoms with Gasteiger partial charge in [0.2, 0.25) is 10.0 Å². The topological polar surface area (TPSA) is 83.5 Å². The highest BCUT2D eigenvalue weighted by Crippen LogP contribution is 2.35. The fourth-order valence-electron chi connectivity index (χ4n) is 4.42. The van der Waals surface area contributed by atoms with Crippen LogP contribution in [0, 0.1) is 20.8 Å². The average Bonchev–Trinajstić information content (AvgIpc) is 3.26. The Balaban J connectivity index is 1.60. The van der Waals surface area contributed by atoms with Crippen LogP contribution < -0.4 is 0 Å². The van der Waals surface area contributed by atoms with Crippen molar-refractivity contribution in [3.05, 3.63) is 52.6 Å². The van der Waals surface area contributed by atoms with Gasteiger partial charge >= 0.3 is 0 Å². The van der Waals surface area contributed by atoms with E-state index in [4.69, 9.17) is 0 Å². The number of carbonyl (C=O) groups is 1. The fraction of sp³-hybridized carbons (Fsp3) is 0.522. The van der Waals surface area contributed by atoms with E-state index in [1.54, 1.807) is 25.3 Å². The van der Waals surface area contributed by atoms with Gasteiger partial charge in [0.1, 0.15) is 5.82 Å². The molecule has 0 aliphatic carbocycles. The highest BCUT2D eigenvalue weighted by molar-refractivity contribution is 7.89. The van der Waals surface area contributed by atoms with E-state index in [9.17, 15) is 13.2 Å². The van der Waals surface area contributed by atoms with Crippen LogP contribution in [-0.2, 0) is 10.0 Å². The van der Waals surface area contributed by atoms with E-state index in [0.29, 0.717) is 34.9 Å². The highest BCUT2D eigenvalue weighted by atomic mass is 32.2. The Labute approximate surface area is 184 Å². The summed E-state index contributed by atoms with van der Waals surface area (Å²) in [6.45, 7) is 7.67. The third-order valence-corrected chi connectivity index (χ3v) is 8.36. The van der Waals surface area contributed by atoms with Gasteiger partial charge in [-0.2, -0.15) is 4.31 Å². The van der Waals surface area contributed by atoms with Gasteiger partial charge in [-0.25, -0.2) is 18.4 Å². The van der Waals surface area contributed by atoms with Gasteiger partial charge in [-0.1, -0.05) is 6.07 Å². The molecule has 31 heavy (non-hydrogen) atoms. The quantitative estimate of drug-likeness (QED) is 0.723. The number of aryl methyl sites for hydroxylation is 3. The summed E-state index contributed by atoms with van der Waals surface area (Å²) in [5, 5.41) is 0. The van der Waals surface area contributed by atoms with E-state index in [1.807, 2.05) is 24.8 Å². The van der Waals surface area contributed by atoms with Gasteiger partial charge in [0.25, 0.3) is 5.91 Å². The zero-order valence-corrected chi connectivity index (χ0v) is 19.3. The molecular weight excluding hydrogens is 412 g/mol. The second-order valence-corrected chi connectivity index (χ2v) is 10.5. The lowest BCUT2D eigenvalue weighted by atomic mass is 10.1. The lowest BCUT2D eigenvalue weighted by Crippen LogP contribution is -2.36. The molecule has 1 aromatic carbocycles. The van der Waals surface area contributed by atoms with Crippen molar-refractivity contribution in [2.75, 3.05) is 19.6 Å². The average molecular weight is 443 g/mol. The number of sulfonamides is 1. The first kappa shape index (κ1) is 21.9. The number of amides is 1. The Morgan fingerprint density at radius 2 is 1.74 bits per heavy atom. The zero-order valence-electron chi connectivity index (χ0n) is 18.5. The van der Waals surface area contributed by atoms with E-state index in [2.05, 4.69) is 9.97 Å². The smallest absolute Gasteiger partial charge is 0.257 e. The first-order chi connectivity index (χ1) is 14.8. The van der Waals surface area contributed by atoms with Crippen LogP contribution in [0.1, 0.15) is 71.1 Å². The molecule has 2 aliphatic rings. The summed E-state index contributed by atoms with van der Waals surface area (Å²) >= 11 is 0. The number of piperidine rings is 1. The van der Waals surface area contributed by atoms with Crippen molar-refractivity contribution in [2.45, 2.75) is 63.8 Å². The molecule has 4 rings (SSSR count). The van der Waals surface area contributed by atoms with Crippen LogP contribution in [0.2, 0.25) is 0 Å². The van der Waals surface area contributed by atoms with E-state index in [1.165, 1.54) is 4.31 Å². The number of carbonyl (C=O) groups excluding carboxylic acids is 1. The van der Waals surface area contributed by atoms with Gasteiger partial charge in [0, 0.05) is 25.8 Å². The van der Waals surface area contributed by atoms with Crippen molar-refractivity contribution < 1.29 is 13.2 Å². The fourth-order valence-corrected chi connectivity index (χ4v) is 6.16. The van der Waals surface area contributed by atoms with E-state index in [-0.39, 0.29) is 5.91 Å². The Morgan fingerprint density at radius 3 is 2.42 bits per heavy atom. The maximum Gasteiger partial charge on any atom is 0.257 e. The monoisotopic (exact) mass is 442 g/mol. The first-order valence-corrected chi connectivity index (χ1v) is 12.4. The number of aromatic nitrogens is 2. The summed E-state index contributed by atoms with van der Waals surface area (Å²) in [5.74, 6) is 0.437. The number of rotatable bonds is 4. The van der Waals surface area contributed by atoms with Crippen molar-refractivity contribution in [3.8, 4) is 0 Å². The summed E-state index contributed by atoms with van der Waals surface area (Å²) in [4.78, 5) is 24.1. The molecule has 2 fully saturated rings. The summed E-state index contributed by atoms with van der Waals surface area (Å²) < 4.78 is 28.2. The van der Waals surface area contributed by atoms with Crippen molar-refractivity contribution in [2.24, 2.45) is 0 Å². The van der Waals surface area contributed by atoms with Gasteiger partial charge in [-0.3, -0.25) is 4.79 Å². The summed E-state index contributed by atoms with van der Waals surface area (Å²) in [6, 6.07) is 4.82. The van der Waals surface area contributed by atoms with Crippen molar-refractivity contribution in [3.63, 3.8) is 0 Å². The molecule has 0 spiro atoms. The largest absolute Gasteiger partial charge is 0.339 e. The summed E-state index contributed by atoms with van der Waals surface area (Å²) in [5.41, 5.74) is 3.12. The summed E-state index contributed by atoms with van der Waals surface area (Å²) in [7, 11) is -3.65. The van der Waals surface area contributed by atoms with E-state index in [0.717, 1.165) is 49.9 Å². The zero-order chi connectivity index (χ0) is 22.2. The molecule has 2 aliphatic heterocycles. The third-order valence-electron chi connectivity index (χ3n) is 6.46. The second-order valence-electron chi connectivity index (χ2n) is 8.60. The van der Waals surface area contributed by atoms with Gasteiger partial charge in [-0.15, -0.1) is 0 Å². The molecule has 0 saturated carbocycles. The van der Waals surface area contributed by atoms with E-state index < -0.39 is 16.1 Å². The molecule has 0 unspecified atom stereocenters. The minimum absolute atomic E-state index is 0.0326. The lowest BCUT2D eigenvalue weighted by molar-refractivity contribution is 0.0722. The van der Waals surface area contributed by atoms with Crippen LogP contribution in [0.5, 0.6) is 0 Å². The van der Waals surface area contributed by atoms with Gasteiger partial charge in [0.15, 0.2) is 0 Å². The molecule has 1 aromatic heterocycles. The van der Waals surface area contributed by atoms with Crippen LogP contribution in [-0.4, -0.2) is 53.1 Å². The molecule has 1 atom stereocenters. The van der Waals surface area contributed by atoms with Gasteiger partial charge in [0.05, 0.1) is 22.2 Å². The van der Waals surface area contributed by atoms with Gasteiger partial charge in [-0.05, 0) is 76.1 Å². The summed E-state index contributed by atoms with van der Waals surface area (Å²) in [6.07, 6.45) is 6.21. The normalized spacial score (nSPS) is 20.2. The molecule has 8 heteroatoms. The lowest BCUT2D eigenvalue weighted by Gasteiger charge is -2.27. The molecule has 7 nitrogen and oxygen atoms in total. The number of benzene rings is 1. The minimum Gasteiger partial charge on any atom is -0.339 e. The maximum atomic E-state index is 13.4. The Hall–Kier alpha value is -2.32. The predicted octanol–water partition coefficient (Wildman–Crippen LogP) is 3.55. The number of likely N-dealkylation sites (tertiary alicyclic amines) is 1. The minimum atomic E-state index is -3.65. The Morgan fingerprint density at radius 1 is 1.00 bits per heavy atom. The van der Waals surface area contributed by atoms with Crippen LogP contribution in [0.4, 0.5) is 0 Å². The molecule has 3 heterocycles. The molecule has 1 amide bonds. The van der Waals surface area contributed by atoms with Crippen LogP contribution >= 0.6 is 0 Å². The Kier molecular flexibility index (Phi) is 6.12. The molecule has 2 aromatic rings.